The lowest BCUT2D eigenvalue weighted by molar-refractivity contribution is -0.120. The van der Waals surface area contributed by atoms with E-state index in [1.54, 1.807) is 36.5 Å². The van der Waals surface area contributed by atoms with Gasteiger partial charge in [-0.3, -0.25) is 4.79 Å². The van der Waals surface area contributed by atoms with Gasteiger partial charge in [-0.15, -0.1) is 0 Å². The standard InChI is InChI=1S/C19H19FN4O2/c1-26-17-15(7-4-11-23-17)22-12-8-16(21)24-18(25)19(9-10-19)13-5-2-3-6-14(13)20/h2-8,11-12,22H,9-10H2,1H3,(H2,21,24,25)/b12-8-. The third kappa shape index (κ3) is 3.56. The monoisotopic (exact) mass is 354 g/mol. The van der Waals surface area contributed by atoms with E-state index in [9.17, 15) is 9.18 Å². The van der Waals surface area contributed by atoms with Crippen molar-refractivity contribution in [3.05, 3.63) is 66.3 Å². The Morgan fingerprint density at radius 2 is 2.12 bits per heavy atom. The van der Waals surface area contributed by atoms with Crippen molar-refractivity contribution in [3.8, 4) is 5.88 Å². The number of benzene rings is 1. The summed E-state index contributed by atoms with van der Waals surface area (Å²) in [6.45, 7) is 0. The van der Waals surface area contributed by atoms with Gasteiger partial charge in [0.05, 0.1) is 12.5 Å². The number of aliphatic imine (C=N–C) groups is 1. The van der Waals surface area contributed by atoms with Gasteiger partial charge < -0.3 is 15.8 Å². The highest BCUT2D eigenvalue weighted by Gasteiger charge is 2.52. The Morgan fingerprint density at radius 1 is 1.35 bits per heavy atom. The second kappa shape index (κ2) is 7.35. The molecule has 1 saturated carbocycles. The first-order valence-electron chi connectivity index (χ1n) is 8.12. The van der Waals surface area contributed by atoms with Gasteiger partial charge in [0, 0.05) is 18.0 Å². The van der Waals surface area contributed by atoms with Crippen LogP contribution in [0.25, 0.3) is 0 Å². The number of carbonyl (C=O) groups is 1. The van der Waals surface area contributed by atoms with Crippen molar-refractivity contribution < 1.29 is 13.9 Å². The molecule has 2 aromatic rings. The molecule has 26 heavy (non-hydrogen) atoms. The number of ether oxygens (including phenoxy) is 1. The zero-order valence-electron chi connectivity index (χ0n) is 14.3. The largest absolute Gasteiger partial charge is 0.480 e. The summed E-state index contributed by atoms with van der Waals surface area (Å²) in [4.78, 5) is 20.5. The van der Waals surface area contributed by atoms with E-state index in [4.69, 9.17) is 10.5 Å². The average molecular weight is 354 g/mol. The number of hydrogen-bond donors (Lipinski definition) is 2. The van der Waals surface area contributed by atoms with Crippen LogP contribution in [0.1, 0.15) is 18.4 Å². The van der Waals surface area contributed by atoms with Gasteiger partial charge in [0.2, 0.25) is 5.88 Å². The molecule has 1 amide bonds. The van der Waals surface area contributed by atoms with Gasteiger partial charge in [-0.1, -0.05) is 18.2 Å². The van der Waals surface area contributed by atoms with Crippen molar-refractivity contribution >= 4 is 17.4 Å². The number of rotatable bonds is 6. The fourth-order valence-electron chi connectivity index (χ4n) is 2.71. The van der Waals surface area contributed by atoms with Crippen LogP contribution < -0.4 is 15.8 Å². The smallest absolute Gasteiger partial charge is 0.258 e. The molecule has 1 fully saturated rings. The highest BCUT2D eigenvalue weighted by Crippen LogP contribution is 2.50. The molecular formula is C19H19FN4O2. The van der Waals surface area contributed by atoms with Gasteiger partial charge in [-0.2, -0.15) is 4.99 Å². The van der Waals surface area contributed by atoms with E-state index in [1.165, 1.54) is 25.5 Å². The molecule has 1 heterocycles. The van der Waals surface area contributed by atoms with Crippen molar-refractivity contribution in [1.29, 1.82) is 0 Å². The fourth-order valence-corrected chi connectivity index (χ4v) is 2.71. The molecule has 0 atom stereocenters. The maximum Gasteiger partial charge on any atom is 0.258 e. The minimum Gasteiger partial charge on any atom is -0.480 e. The number of nitrogens with zero attached hydrogens (tertiary/aromatic N) is 2. The highest BCUT2D eigenvalue weighted by molar-refractivity contribution is 6.04. The molecule has 0 unspecified atom stereocenters. The van der Waals surface area contributed by atoms with E-state index in [0.717, 1.165) is 0 Å². The maximum atomic E-state index is 14.0. The van der Waals surface area contributed by atoms with E-state index in [0.29, 0.717) is 30.0 Å². The summed E-state index contributed by atoms with van der Waals surface area (Å²) >= 11 is 0. The molecule has 0 aliphatic heterocycles. The van der Waals surface area contributed by atoms with Gasteiger partial charge in [-0.25, -0.2) is 9.37 Å². The minimum atomic E-state index is -0.885. The number of carbonyl (C=O) groups excluding carboxylic acids is 1. The van der Waals surface area contributed by atoms with Crippen LogP contribution in [0.4, 0.5) is 10.1 Å². The van der Waals surface area contributed by atoms with Crippen LogP contribution in [0, 0.1) is 5.82 Å². The lowest BCUT2D eigenvalue weighted by Crippen LogP contribution is -2.23. The first-order valence-corrected chi connectivity index (χ1v) is 8.12. The van der Waals surface area contributed by atoms with Gasteiger partial charge >= 0.3 is 0 Å². The predicted molar refractivity (Wildman–Crippen MR) is 97.5 cm³/mol. The van der Waals surface area contributed by atoms with E-state index in [1.807, 2.05) is 0 Å². The van der Waals surface area contributed by atoms with E-state index in [-0.39, 0.29) is 5.84 Å². The minimum absolute atomic E-state index is 0.0352. The van der Waals surface area contributed by atoms with Crippen molar-refractivity contribution in [2.24, 2.45) is 10.7 Å². The van der Waals surface area contributed by atoms with E-state index < -0.39 is 17.1 Å². The molecule has 1 aliphatic carbocycles. The van der Waals surface area contributed by atoms with E-state index >= 15 is 0 Å². The van der Waals surface area contributed by atoms with Gasteiger partial charge in [-0.05, 0) is 37.1 Å². The summed E-state index contributed by atoms with van der Waals surface area (Å²) in [6, 6.07) is 9.82. The third-order valence-corrected chi connectivity index (χ3v) is 4.24. The van der Waals surface area contributed by atoms with Crippen LogP contribution >= 0.6 is 0 Å². The molecule has 1 aliphatic rings. The van der Waals surface area contributed by atoms with Crippen molar-refractivity contribution in [3.63, 3.8) is 0 Å². The number of amides is 1. The number of hydrogen-bond acceptors (Lipinski definition) is 4. The Bertz CT molecular complexity index is 875. The fraction of sp³-hybridized carbons (Fsp3) is 0.211. The first kappa shape index (κ1) is 17.6. The van der Waals surface area contributed by atoms with Crippen LogP contribution in [0.5, 0.6) is 5.88 Å². The maximum absolute atomic E-state index is 14.0. The number of pyridine rings is 1. The Hall–Kier alpha value is -3.22. The average Bonchev–Trinajstić information content (AvgIpc) is 3.44. The molecule has 134 valence electrons. The number of aromatic nitrogens is 1. The molecule has 3 N–H and O–H groups in total. The topological polar surface area (TPSA) is 89.6 Å². The van der Waals surface area contributed by atoms with Crippen molar-refractivity contribution in [1.82, 2.24) is 4.98 Å². The number of methoxy groups -OCH3 is 1. The zero-order valence-corrected chi connectivity index (χ0v) is 14.3. The third-order valence-electron chi connectivity index (χ3n) is 4.24. The van der Waals surface area contributed by atoms with Crippen LogP contribution in [-0.2, 0) is 10.2 Å². The van der Waals surface area contributed by atoms with Crippen molar-refractivity contribution in [2.75, 3.05) is 12.4 Å². The van der Waals surface area contributed by atoms with Gasteiger partial charge in [0.1, 0.15) is 17.3 Å². The summed E-state index contributed by atoms with van der Waals surface area (Å²) in [6.07, 6.45) is 5.74. The molecule has 1 aromatic carbocycles. The SMILES string of the molecule is COc1ncccc1N/C=C\C(N)=NC(=O)C1(c2ccccc2F)CC1. The number of anilines is 1. The zero-order chi connectivity index (χ0) is 18.6. The highest BCUT2D eigenvalue weighted by atomic mass is 19.1. The summed E-state index contributed by atoms with van der Waals surface area (Å²) in [5.74, 6) is -0.357. The van der Waals surface area contributed by atoms with Gasteiger partial charge in [0.15, 0.2) is 0 Å². The van der Waals surface area contributed by atoms with Crippen LogP contribution in [0.3, 0.4) is 0 Å². The lowest BCUT2D eigenvalue weighted by atomic mass is 9.94. The van der Waals surface area contributed by atoms with Crippen LogP contribution in [-0.4, -0.2) is 23.8 Å². The number of halogens is 1. The second-order valence-electron chi connectivity index (χ2n) is 5.94. The molecule has 0 bridgehead atoms. The lowest BCUT2D eigenvalue weighted by Gasteiger charge is -2.12. The second-order valence-corrected chi connectivity index (χ2v) is 5.94. The Balaban J connectivity index is 1.70. The van der Waals surface area contributed by atoms with Crippen molar-refractivity contribution in [2.45, 2.75) is 18.3 Å². The first-order chi connectivity index (χ1) is 12.6. The quantitative estimate of drug-likeness (QED) is 0.615. The summed E-state index contributed by atoms with van der Waals surface area (Å²) in [5, 5.41) is 2.96. The Morgan fingerprint density at radius 3 is 2.81 bits per heavy atom. The Kier molecular flexibility index (Phi) is 4.97. The van der Waals surface area contributed by atoms with Gasteiger partial charge in [0.25, 0.3) is 5.91 Å². The molecular weight excluding hydrogens is 335 g/mol. The van der Waals surface area contributed by atoms with Crippen LogP contribution in [0.2, 0.25) is 0 Å². The molecule has 0 spiro atoms. The summed E-state index contributed by atoms with van der Waals surface area (Å²) < 4.78 is 19.1. The summed E-state index contributed by atoms with van der Waals surface area (Å²) in [7, 11) is 1.52. The molecule has 0 radical (unpaired) electrons. The summed E-state index contributed by atoms with van der Waals surface area (Å²) in [5.41, 5.74) is 5.95. The molecule has 6 nitrogen and oxygen atoms in total. The normalized spacial score (nSPS) is 15.7. The molecule has 1 aromatic heterocycles. The molecule has 0 saturated heterocycles. The number of amidine groups is 1. The number of nitrogens with two attached hydrogens (primary N) is 1. The van der Waals surface area contributed by atoms with Crippen LogP contribution in [0.15, 0.2) is 59.9 Å². The van der Waals surface area contributed by atoms with E-state index in [2.05, 4.69) is 15.3 Å². The molecule has 3 rings (SSSR count). The Labute approximate surface area is 150 Å². The number of nitrogens with one attached hydrogen (secondary N) is 1. The molecule has 7 heteroatoms. The predicted octanol–water partition coefficient (Wildman–Crippen LogP) is 2.77.